The van der Waals surface area contributed by atoms with Gasteiger partial charge in [-0.1, -0.05) is 13.3 Å². The van der Waals surface area contributed by atoms with E-state index in [-0.39, 0.29) is 10.8 Å². The first-order valence-electron chi connectivity index (χ1n) is 5.02. The second kappa shape index (κ2) is 4.17. The molecule has 0 aliphatic heterocycles. The molecule has 2 rings (SSSR count). The van der Waals surface area contributed by atoms with E-state index in [1.54, 1.807) is 0 Å². The van der Waals surface area contributed by atoms with Crippen LogP contribution in [0.4, 0.5) is 0 Å². The summed E-state index contributed by atoms with van der Waals surface area (Å²) in [7, 11) is -3.34. The van der Waals surface area contributed by atoms with Crippen molar-refractivity contribution in [1.82, 2.24) is 19.9 Å². The zero-order valence-electron chi connectivity index (χ0n) is 8.84. The molecule has 0 aliphatic carbocycles. The Balaban J connectivity index is 2.50. The molecule has 0 fully saturated rings. The van der Waals surface area contributed by atoms with Crippen molar-refractivity contribution in [1.29, 1.82) is 0 Å². The molecule has 1 N–H and O–H groups in total. The molecule has 86 valence electrons. The lowest BCUT2D eigenvalue weighted by Crippen LogP contribution is -2.09. The van der Waals surface area contributed by atoms with Crippen molar-refractivity contribution in [3.63, 3.8) is 0 Å². The summed E-state index contributed by atoms with van der Waals surface area (Å²) in [5.74, 6) is 0.106. The summed E-state index contributed by atoms with van der Waals surface area (Å²) in [6, 6.07) is 0. The van der Waals surface area contributed by atoms with Gasteiger partial charge in [-0.3, -0.25) is 0 Å². The van der Waals surface area contributed by atoms with E-state index in [2.05, 4.69) is 19.9 Å². The summed E-state index contributed by atoms with van der Waals surface area (Å²) < 4.78 is 23.9. The van der Waals surface area contributed by atoms with Gasteiger partial charge in [0.05, 0.1) is 12.1 Å². The smallest absolute Gasteiger partial charge is 0.197 e. The topological polar surface area (TPSA) is 88.6 Å². The Kier molecular flexibility index (Phi) is 2.86. The lowest BCUT2D eigenvalue weighted by molar-refractivity contribution is 0.589. The molecule has 0 saturated carbocycles. The van der Waals surface area contributed by atoms with Gasteiger partial charge < -0.3 is 4.98 Å². The molecule has 0 aromatic carbocycles. The van der Waals surface area contributed by atoms with Gasteiger partial charge in [-0.2, -0.15) is 0 Å². The minimum absolute atomic E-state index is 0.0449. The van der Waals surface area contributed by atoms with Crippen LogP contribution in [0.2, 0.25) is 0 Å². The lowest BCUT2D eigenvalue weighted by atomic mass is 10.4. The first kappa shape index (κ1) is 11.0. The highest BCUT2D eigenvalue weighted by Crippen LogP contribution is 2.17. The summed E-state index contributed by atoms with van der Waals surface area (Å²) in [5, 5.41) is 0.0449. The van der Waals surface area contributed by atoms with E-state index in [0.717, 1.165) is 6.42 Å². The van der Waals surface area contributed by atoms with Crippen LogP contribution in [0.3, 0.4) is 0 Å². The maximum Gasteiger partial charge on any atom is 0.197 e. The molecule has 0 spiro atoms. The van der Waals surface area contributed by atoms with E-state index < -0.39 is 9.84 Å². The molecule has 2 heterocycles. The van der Waals surface area contributed by atoms with Gasteiger partial charge >= 0.3 is 0 Å². The number of unbranched alkanes of at least 4 members (excludes halogenated alkanes) is 1. The zero-order valence-corrected chi connectivity index (χ0v) is 9.66. The van der Waals surface area contributed by atoms with Gasteiger partial charge in [0.1, 0.15) is 11.8 Å². The Morgan fingerprint density at radius 3 is 2.88 bits per heavy atom. The summed E-state index contributed by atoms with van der Waals surface area (Å²) in [5.41, 5.74) is 0.767. The number of nitrogens with one attached hydrogen (secondary N) is 1. The van der Waals surface area contributed by atoms with E-state index in [1.165, 1.54) is 12.7 Å². The highest BCUT2D eigenvalue weighted by atomic mass is 32.2. The summed E-state index contributed by atoms with van der Waals surface area (Å²) >= 11 is 0. The summed E-state index contributed by atoms with van der Waals surface area (Å²) in [4.78, 5) is 14.4. The quantitative estimate of drug-likeness (QED) is 0.803. The molecule has 0 bridgehead atoms. The average molecular weight is 240 g/mol. The van der Waals surface area contributed by atoms with Crippen LogP contribution in [0.15, 0.2) is 17.7 Å². The second-order valence-electron chi connectivity index (χ2n) is 3.45. The standard InChI is InChI=1S/C9H12N4O2S/c1-2-3-4-16(14,15)9-7-8(11-5-10-7)12-6-13-9/h5-6H,2-4H2,1H3,(H,10,11,12,13). The predicted octanol–water partition coefficient (Wildman–Crippen LogP) is 0.927. The number of fused-ring (bicyclic) bond motifs is 1. The van der Waals surface area contributed by atoms with Crippen molar-refractivity contribution >= 4 is 21.0 Å². The number of rotatable bonds is 4. The molecule has 0 radical (unpaired) electrons. The number of hydrogen-bond acceptors (Lipinski definition) is 5. The fourth-order valence-corrected chi connectivity index (χ4v) is 2.94. The largest absolute Gasteiger partial charge is 0.341 e. The fourth-order valence-electron chi connectivity index (χ4n) is 1.41. The Hall–Kier alpha value is -1.50. The van der Waals surface area contributed by atoms with E-state index in [0.29, 0.717) is 17.6 Å². The van der Waals surface area contributed by atoms with Crippen LogP contribution in [0, 0.1) is 0 Å². The van der Waals surface area contributed by atoms with E-state index in [9.17, 15) is 8.42 Å². The Labute approximate surface area is 93.1 Å². The van der Waals surface area contributed by atoms with E-state index >= 15 is 0 Å². The highest BCUT2D eigenvalue weighted by Gasteiger charge is 2.20. The molecular formula is C9H12N4O2S. The fraction of sp³-hybridized carbons (Fsp3) is 0.444. The highest BCUT2D eigenvalue weighted by molar-refractivity contribution is 7.91. The van der Waals surface area contributed by atoms with Gasteiger partial charge in [-0.25, -0.2) is 23.4 Å². The third kappa shape index (κ3) is 1.90. The molecule has 0 aliphatic rings. The third-order valence-corrected chi connectivity index (χ3v) is 3.97. The van der Waals surface area contributed by atoms with Gasteiger partial charge in [0.15, 0.2) is 20.5 Å². The molecule has 0 atom stereocenters. The van der Waals surface area contributed by atoms with Crippen LogP contribution < -0.4 is 0 Å². The molecule has 2 aromatic rings. The molecular weight excluding hydrogens is 228 g/mol. The molecule has 6 nitrogen and oxygen atoms in total. The minimum atomic E-state index is -3.34. The average Bonchev–Trinajstić information content (AvgIpc) is 2.73. The number of H-pyrrole nitrogens is 1. The second-order valence-corrected chi connectivity index (χ2v) is 5.48. The van der Waals surface area contributed by atoms with Crippen LogP contribution >= 0.6 is 0 Å². The minimum Gasteiger partial charge on any atom is -0.341 e. The zero-order chi connectivity index (χ0) is 11.6. The maximum atomic E-state index is 12.0. The predicted molar refractivity (Wildman–Crippen MR) is 58.6 cm³/mol. The van der Waals surface area contributed by atoms with Gasteiger partial charge in [-0.15, -0.1) is 0 Å². The third-order valence-electron chi connectivity index (χ3n) is 2.25. The number of aromatic amines is 1. The van der Waals surface area contributed by atoms with Crippen molar-refractivity contribution in [3.05, 3.63) is 12.7 Å². The van der Waals surface area contributed by atoms with E-state index in [1.807, 2.05) is 6.92 Å². The lowest BCUT2D eigenvalue weighted by Gasteiger charge is -2.02. The first-order chi connectivity index (χ1) is 7.65. The summed E-state index contributed by atoms with van der Waals surface area (Å²) in [6.07, 6.45) is 4.10. The van der Waals surface area contributed by atoms with Gasteiger partial charge in [0, 0.05) is 0 Å². The van der Waals surface area contributed by atoms with Crippen molar-refractivity contribution in [2.45, 2.75) is 24.8 Å². The van der Waals surface area contributed by atoms with Gasteiger partial charge in [0.2, 0.25) is 0 Å². The number of nitrogens with zero attached hydrogens (tertiary/aromatic N) is 3. The SMILES string of the molecule is CCCCS(=O)(=O)c1ncnc2nc[nH]c12. The van der Waals surface area contributed by atoms with Crippen molar-refractivity contribution in [2.24, 2.45) is 0 Å². The monoisotopic (exact) mass is 240 g/mol. The maximum absolute atomic E-state index is 12.0. The van der Waals surface area contributed by atoms with Crippen molar-refractivity contribution < 1.29 is 8.42 Å². The Bertz CT molecular complexity index is 590. The van der Waals surface area contributed by atoms with E-state index in [4.69, 9.17) is 0 Å². The van der Waals surface area contributed by atoms with Gasteiger partial charge in [0.25, 0.3) is 0 Å². The van der Waals surface area contributed by atoms with Crippen LogP contribution in [-0.4, -0.2) is 34.1 Å². The number of hydrogen-bond donors (Lipinski definition) is 1. The van der Waals surface area contributed by atoms with Gasteiger partial charge in [-0.05, 0) is 6.42 Å². The normalized spacial score (nSPS) is 12.1. The first-order valence-corrected chi connectivity index (χ1v) is 6.67. The van der Waals surface area contributed by atoms with Crippen LogP contribution in [0.25, 0.3) is 11.2 Å². The van der Waals surface area contributed by atoms with Crippen LogP contribution in [0.1, 0.15) is 19.8 Å². The molecule has 16 heavy (non-hydrogen) atoms. The summed E-state index contributed by atoms with van der Waals surface area (Å²) in [6.45, 7) is 1.95. The van der Waals surface area contributed by atoms with Crippen LogP contribution in [0.5, 0.6) is 0 Å². The number of imidazole rings is 1. The van der Waals surface area contributed by atoms with Crippen LogP contribution in [-0.2, 0) is 9.84 Å². The van der Waals surface area contributed by atoms with Crippen molar-refractivity contribution in [3.8, 4) is 0 Å². The molecule has 2 aromatic heterocycles. The Morgan fingerprint density at radius 1 is 1.31 bits per heavy atom. The number of aromatic nitrogens is 4. The molecule has 0 unspecified atom stereocenters. The molecule has 0 amide bonds. The molecule has 0 saturated heterocycles. The number of sulfone groups is 1. The van der Waals surface area contributed by atoms with Crippen molar-refractivity contribution in [2.75, 3.05) is 5.75 Å². The Morgan fingerprint density at radius 2 is 2.12 bits per heavy atom. The molecule has 7 heteroatoms.